The van der Waals surface area contributed by atoms with Crippen molar-refractivity contribution in [2.24, 2.45) is 0 Å². The molecule has 0 fully saturated rings. The van der Waals surface area contributed by atoms with E-state index in [0.717, 1.165) is 0 Å². The smallest absolute Gasteiger partial charge is 0.130 e. The maximum Gasteiger partial charge on any atom is 0.130 e. The van der Waals surface area contributed by atoms with E-state index in [0.29, 0.717) is 5.16 Å². The first-order valence-electron chi connectivity index (χ1n) is 4.53. The van der Waals surface area contributed by atoms with E-state index in [1.54, 1.807) is 12.2 Å². The second-order valence-corrected chi connectivity index (χ2v) is 3.67. The van der Waals surface area contributed by atoms with Gasteiger partial charge in [0.15, 0.2) is 0 Å². The number of hydrogen-bond donors (Lipinski definition) is 0. The van der Waals surface area contributed by atoms with E-state index in [1.165, 1.54) is 11.1 Å². The summed E-state index contributed by atoms with van der Waals surface area (Å²) in [6.45, 7) is 2.07. The van der Waals surface area contributed by atoms with Gasteiger partial charge < -0.3 is 0 Å². The molecule has 0 radical (unpaired) electrons. The molecular weight excluding hydrogens is 198 g/mol. The van der Waals surface area contributed by atoms with Gasteiger partial charge in [-0.05, 0) is 24.1 Å². The van der Waals surface area contributed by atoms with E-state index in [2.05, 4.69) is 19.1 Å². The van der Waals surface area contributed by atoms with Crippen molar-refractivity contribution in [2.45, 2.75) is 13.0 Å². The van der Waals surface area contributed by atoms with Crippen molar-refractivity contribution in [3.63, 3.8) is 0 Å². The van der Waals surface area contributed by atoms with E-state index >= 15 is 0 Å². The van der Waals surface area contributed by atoms with Crippen molar-refractivity contribution >= 4 is 17.7 Å². The Morgan fingerprint density at radius 3 is 2.79 bits per heavy atom. The Balaban J connectivity index is 2.50. The molecule has 1 atom stereocenters. The minimum absolute atomic E-state index is 0.161. The Bertz CT molecular complexity index is 375. The third-order valence-corrected chi connectivity index (χ3v) is 2.76. The third kappa shape index (κ3) is 1.41. The van der Waals surface area contributed by atoms with Crippen molar-refractivity contribution in [2.75, 3.05) is 7.11 Å². The predicted octanol–water partition coefficient (Wildman–Crippen LogP) is 3.16. The topological polar surface area (TPSA) is 12.5 Å². The highest BCUT2D eigenvalue weighted by Gasteiger charge is 2.23. The SMILES string of the molecule is CON1C(Cl)=Cc2ccccc2[C@@H]1C. The number of hydroxylamine groups is 2. The lowest BCUT2D eigenvalue weighted by Crippen LogP contribution is -2.26. The van der Waals surface area contributed by atoms with Crippen LogP contribution in [0, 0.1) is 0 Å². The molecule has 3 heteroatoms. The lowest BCUT2D eigenvalue weighted by Gasteiger charge is -2.32. The van der Waals surface area contributed by atoms with Gasteiger partial charge in [0.05, 0.1) is 13.2 Å². The van der Waals surface area contributed by atoms with Crippen LogP contribution >= 0.6 is 11.6 Å². The molecule has 0 saturated heterocycles. The number of benzene rings is 1. The van der Waals surface area contributed by atoms with E-state index in [-0.39, 0.29) is 6.04 Å². The van der Waals surface area contributed by atoms with Crippen LogP contribution < -0.4 is 0 Å². The predicted molar refractivity (Wildman–Crippen MR) is 57.5 cm³/mol. The Hall–Kier alpha value is -0.990. The molecule has 0 aromatic heterocycles. The summed E-state index contributed by atoms with van der Waals surface area (Å²) in [7, 11) is 1.63. The Morgan fingerprint density at radius 2 is 2.07 bits per heavy atom. The standard InChI is InChI=1S/C11H12ClNO/c1-8-10-6-4-3-5-9(10)7-11(12)13(8)14-2/h3-8H,1-2H3/t8-/m0/s1. The summed E-state index contributed by atoms with van der Waals surface area (Å²) < 4.78 is 0. The van der Waals surface area contributed by atoms with E-state index < -0.39 is 0 Å². The molecule has 0 aliphatic carbocycles. The summed E-state index contributed by atoms with van der Waals surface area (Å²) in [6.07, 6.45) is 1.92. The normalized spacial score (nSPS) is 20.4. The first-order valence-corrected chi connectivity index (χ1v) is 4.91. The highest BCUT2D eigenvalue weighted by atomic mass is 35.5. The van der Waals surface area contributed by atoms with Crippen LogP contribution in [0.25, 0.3) is 6.08 Å². The van der Waals surface area contributed by atoms with Crippen molar-refractivity contribution in [1.82, 2.24) is 5.06 Å². The molecule has 74 valence electrons. The third-order valence-electron chi connectivity index (χ3n) is 2.48. The Morgan fingerprint density at radius 1 is 1.36 bits per heavy atom. The summed E-state index contributed by atoms with van der Waals surface area (Å²) in [5, 5.41) is 2.32. The van der Waals surface area contributed by atoms with E-state index in [9.17, 15) is 0 Å². The molecule has 0 unspecified atom stereocenters. The van der Waals surface area contributed by atoms with Crippen LogP contribution in [0.4, 0.5) is 0 Å². The van der Waals surface area contributed by atoms with Crippen LogP contribution in [-0.4, -0.2) is 12.2 Å². The maximum atomic E-state index is 6.07. The zero-order chi connectivity index (χ0) is 10.1. The summed E-state index contributed by atoms with van der Waals surface area (Å²) in [5.41, 5.74) is 2.40. The summed E-state index contributed by atoms with van der Waals surface area (Å²) >= 11 is 6.07. The number of hydrogen-bond acceptors (Lipinski definition) is 2. The maximum absolute atomic E-state index is 6.07. The van der Waals surface area contributed by atoms with Crippen LogP contribution in [-0.2, 0) is 4.84 Å². The van der Waals surface area contributed by atoms with Gasteiger partial charge in [-0.2, -0.15) is 0 Å². The first kappa shape index (κ1) is 9.56. The van der Waals surface area contributed by atoms with Crippen LogP contribution in [0.2, 0.25) is 0 Å². The van der Waals surface area contributed by atoms with Crippen molar-refractivity contribution in [3.8, 4) is 0 Å². The fourth-order valence-electron chi connectivity index (χ4n) is 1.77. The number of fused-ring (bicyclic) bond motifs is 1. The van der Waals surface area contributed by atoms with Gasteiger partial charge >= 0.3 is 0 Å². The fraction of sp³-hybridized carbons (Fsp3) is 0.273. The molecule has 2 rings (SSSR count). The van der Waals surface area contributed by atoms with Crippen LogP contribution in [0.1, 0.15) is 24.1 Å². The van der Waals surface area contributed by atoms with Gasteiger partial charge in [-0.3, -0.25) is 4.84 Å². The molecule has 2 nitrogen and oxygen atoms in total. The number of halogens is 1. The molecule has 0 saturated carbocycles. The van der Waals surface area contributed by atoms with Gasteiger partial charge in [-0.25, -0.2) is 5.06 Å². The quantitative estimate of drug-likeness (QED) is 0.659. The van der Waals surface area contributed by atoms with Crippen LogP contribution in [0.5, 0.6) is 0 Å². The van der Waals surface area contributed by atoms with Gasteiger partial charge in [0, 0.05) is 0 Å². The zero-order valence-corrected chi connectivity index (χ0v) is 8.95. The van der Waals surface area contributed by atoms with Crippen LogP contribution in [0.3, 0.4) is 0 Å². The molecule has 14 heavy (non-hydrogen) atoms. The van der Waals surface area contributed by atoms with Gasteiger partial charge in [-0.1, -0.05) is 35.9 Å². The Kier molecular flexibility index (Phi) is 2.48. The summed E-state index contributed by atoms with van der Waals surface area (Å²) in [4.78, 5) is 5.21. The number of rotatable bonds is 1. The lowest BCUT2D eigenvalue weighted by molar-refractivity contribution is -0.122. The molecule has 0 bridgehead atoms. The van der Waals surface area contributed by atoms with Crippen LogP contribution in [0.15, 0.2) is 29.4 Å². The molecular formula is C11H12ClNO. The van der Waals surface area contributed by atoms with Gasteiger partial charge in [0.1, 0.15) is 5.16 Å². The minimum Gasteiger partial charge on any atom is -0.275 e. The molecule has 1 aromatic carbocycles. The zero-order valence-electron chi connectivity index (χ0n) is 8.20. The molecule has 0 spiro atoms. The van der Waals surface area contributed by atoms with Gasteiger partial charge in [0.25, 0.3) is 0 Å². The highest BCUT2D eigenvalue weighted by Crippen LogP contribution is 2.34. The van der Waals surface area contributed by atoms with Gasteiger partial charge in [-0.15, -0.1) is 0 Å². The molecule has 0 amide bonds. The fourth-order valence-corrected chi connectivity index (χ4v) is 2.10. The monoisotopic (exact) mass is 209 g/mol. The van der Waals surface area contributed by atoms with E-state index in [4.69, 9.17) is 16.4 Å². The molecule has 0 N–H and O–H groups in total. The molecule has 1 aliphatic rings. The summed E-state index contributed by atoms with van der Waals surface area (Å²) in [6, 6.07) is 8.34. The van der Waals surface area contributed by atoms with Crippen molar-refractivity contribution in [3.05, 3.63) is 40.5 Å². The first-order chi connectivity index (χ1) is 6.74. The number of nitrogens with zero attached hydrogens (tertiary/aromatic N) is 1. The Labute approximate surface area is 88.7 Å². The minimum atomic E-state index is 0.161. The second-order valence-electron chi connectivity index (χ2n) is 3.28. The molecule has 1 heterocycles. The molecule has 1 aliphatic heterocycles. The van der Waals surface area contributed by atoms with Gasteiger partial charge in [0.2, 0.25) is 0 Å². The van der Waals surface area contributed by atoms with Crippen molar-refractivity contribution in [1.29, 1.82) is 0 Å². The molecule has 1 aromatic rings. The average molecular weight is 210 g/mol. The lowest BCUT2D eigenvalue weighted by atomic mass is 9.99. The summed E-state index contributed by atoms with van der Waals surface area (Å²) in [5.74, 6) is 0. The largest absolute Gasteiger partial charge is 0.275 e. The average Bonchev–Trinajstić information content (AvgIpc) is 2.18. The van der Waals surface area contributed by atoms with E-state index in [1.807, 2.05) is 18.2 Å². The van der Waals surface area contributed by atoms with Crippen molar-refractivity contribution < 1.29 is 4.84 Å². The highest BCUT2D eigenvalue weighted by molar-refractivity contribution is 6.31. The second kappa shape index (κ2) is 3.64.